The second kappa shape index (κ2) is 8.10. The van der Waals surface area contributed by atoms with E-state index in [2.05, 4.69) is 10.3 Å². The molecule has 0 unspecified atom stereocenters. The van der Waals surface area contributed by atoms with Crippen LogP contribution in [0.1, 0.15) is 17.3 Å². The minimum absolute atomic E-state index is 0.00414. The Kier molecular flexibility index (Phi) is 5.89. The number of nitrogens with zero attached hydrogens (tertiary/aromatic N) is 3. The van der Waals surface area contributed by atoms with Crippen LogP contribution in [0.4, 0.5) is 5.82 Å². The fraction of sp³-hybridized carbons (Fsp3) is 0.312. The van der Waals surface area contributed by atoms with Gasteiger partial charge in [0.15, 0.2) is 6.61 Å². The van der Waals surface area contributed by atoms with Crippen LogP contribution in [0.25, 0.3) is 0 Å². The van der Waals surface area contributed by atoms with E-state index in [4.69, 9.17) is 9.47 Å². The summed E-state index contributed by atoms with van der Waals surface area (Å²) >= 11 is 0. The zero-order chi connectivity index (χ0) is 19.3. The van der Waals surface area contributed by atoms with Crippen LogP contribution in [-0.2, 0) is 23.6 Å². The van der Waals surface area contributed by atoms with Crippen LogP contribution in [0.5, 0.6) is 5.88 Å². The number of carbonyl (C=O) groups excluding carboxylic acids is 2. The Balaban J connectivity index is 2.05. The van der Waals surface area contributed by atoms with E-state index in [-0.39, 0.29) is 17.3 Å². The molecule has 0 saturated heterocycles. The maximum atomic E-state index is 12.1. The van der Waals surface area contributed by atoms with Gasteiger partial charge in [0.1, 0.15) is 11.4 Å². The lowest BCUT2D eigenvalue weighted by Gasteiger charge is -2.11. The van der Waals surface area contributed by atoms with Crippen LogP contribution in [-0.4, -0.2) is 39.2 Å². The molecule has 2 aromatic heterocycles. The van der Waals surface area contributed by atoms with E-state index in [0.29, 0.717) is 6.61 Å². The molecule has 0 aliphatic rings. The third kappa shape index (κ3) is 4.15. The first-order valence-corrected chi connectivity index (χ1v) is 7.67. The summed E-state index contributed by atoms with van der Waals surface area (Å²) in [6, 6.07) is 4.09. The zero-order valence-electron chi connectivity index (χ0n) is 14.5. The first-order valence-electron chi connectivity index (χ1n) is 7.67. The molecular weight excluding hydrogens is 344 g/mol. The minimum Gasteiger partial charge on any atom is -0.477 e. The summed E-state index contributed by atoms with van der Waals surface area (Å²) in [6.45, 7) is 1.45. The lowest BCUT2D eigenvalue weighted by molar-refractivity contribution is -0.119. The van der Waals surface area contributed by atoms with Crippen LogP contribution >= 0.6 is 0 Å². The number of amides is 1. The number of ether oxygens (including phenoxy) is 2. The van der Waals surface area contributed by atoms with Crippen molar-refractivity contribution in [3.63, 3.8) is 0 Å². The van der Waals surface area contributed by atoms with Gasteiger partial charge in [0.05, 0.1) is 6.61 Å². The van der Waals surface area contributed by atoms with Gasteiger partial charge < -0.3 is 14.8 Å². The Hall–Kier alpha value is -3.43. The Labute approximate surface area is 148 Å². The number of rotatable bonds is 6. The van der Waals surface area contributed by atoms with Crippen LogP contribution < -0.4 is 21.3 Å². The molecule has 0 bridgehead atoms. The molecule has 0 spiro atoms. The van der Waals surface area contributed by atoms with E-state index in [0.717, 1.165) is 15.2 Å². The van der Waals surface area contributed by atoms with Crippen molar-refractivity contribution in [2.24, 2.45) is 14.1 Å². The summed E-state index contributed by atoms with van der Waals surface area (Å²) in [4.78, 5) is 51.4. The zero-order valence-corrected chi connectivity index (χ0v) is 14.5. The number of aromatic nitrogens is 3. The third-order valence-corrected chi connectivity index (χ3v) is 3.40. The number of nitrogens with one attached hydrogen (secondary N) is 1. The number of anilines is 1. The Morgan fingerprint density at radius 1 is 1.23 bits per heavy atom. The summed E-state index contributed by atoms with van der Waals surface area (Å²) in [5.74, 6) is -1.39. The number of hydrogen-bond acceptors (Lipinski definition) is 7. The van der Waals surface area contributed by atoms with Gasteiger partial charge in [-0.3, -0.25) is 18.7 Å². The molecule has 2 aromatic rings. The molecule has 0 aliphatic heterocycles. The van der Waals surface area contributed by atoms with Crippen LogP contribution in [0.15, 0.2) is 34.0 Å². The van der Waals surface area contributed by atoms with E-state index < -0.39 is 29.7 Å². The molecule has 2 heterocycles. The Morgan fingerprint density at radius 3 is 2.65 bits per heavy atom. The van der Waals surface area contributed by atoms with Gasteiger partial charge in [0, 0.05) is 26.4 Å². The summed E-state index contributed by atoms with van der Waals surface area (Å²) in [7, 11) is 2.72. The van der Waals surface area contributed by atoms with Crippen molar-refractivity contribution in [2.45, 2.75) is 6.92 Å². The Bertz CT molecular complexity index is 946. The predicted molar refractivity (Wildman–Crippen MR) is 91.2 cm³/mol. The first kappa shape index (κ1) is 18.9. The van der Waals surface area contributed by atoms with E-state index in [1.54, 1.807) is 6.92 Å². The molecule has 1 N–H and O–H groups in total. The largest absolute Gasteiger partial charge is 0.477 e. The highest BCUT2D eigenvalue weighted by atomic mass is 16.5. The highest BCUT2D eigenvalue weighted by molar-refractivity contribution is 5.96. The van der Waals surface area contributed by atoms with Crippen molar-refractivity contribution in [3.8, 4) is 5.88 Å². The SMILES string of the molecule is CCOc1ncccc1C(=O)OCC(=O)Nc1cc(=O)n(C)c(=O)n1C. The molecule has 10 heteroatoms. The molecule has 138 valence electrons. The van der Waals surface area contributed by atoms with Gasteiger partial charge in [-0.25, -0.2) is 14.6 Å². The van der Waals surface area contributed by atoms with Crippen LogP contribution in [0.2, 0.25) is 0 Å². The predicted octanol–water partition coefficient (Wildman–Crippen LogP) is -0.327. The van der Waals surface area contributed by atoms with E-state index in [1.807, 2.05) is 0 Å². The summed E-state index contributed by atoms with van der Waals surface area (Å²) in [5, 5.41) is 2.35. The molecule has 0 radical (unpaired) electrons. The van der Waals surface area contributed by atoms with Gasteiger partial charge in [-0.2, -0.15) is 0 Å². The molecule has 26 heavy (non-hydrogen) atoms. The lowest BCUT2D eigenvalue weighted by Crippen LogP contribution is -2.38. The van der Waals surface area contributed by atoms with Crippen molar-refractivity contribution in [1.82, 2.24) is 14.1 Å². The van der Waals surface area contributed by atoms with Crippen molar-refractivity contribution >= 4 is 17.7 Å². The smallest absolute Gasteiger partial charge is 0.344 e. The van der Waals surface area contributed by atoms with E-state index >= 15 is 0 Å². The summed E-state index contributed by atoms with van der Waals surface area (Å²) < 4.78 is 12.1. The van der Waals surface area contributed by atoms with E-state index in [1.165, 1.54) is 32.4 Å². The molecular formula is C16H18N4O6. The topological polar surface area (TPSA) is 122 Å². The molecule has 1 amide bonds. The van der Waals surface area contributed by atoms with Gasteiger partial charge in [-0.15, -0.1) is 0 Å². The molecule has 2 rings (SSSR count). The number of pyridine rings is 1. The minimum atomic E-state index is -0.783. The molecule has 0 aromatic carbocycles. The van der Waals surface area contributed by atoms with Gasteiger partial charge in [-0.05, 0) is 19.1 Å². The normalized spacial score (nSPS) is 10.3. The van der Waals surface area contributed by atoms with Gasteiger partial charge in [0.25, 0.3) is 11.5 Å². The number of esters is 1. The van der Waals surface area contributed by atoms with Gasteiger partial charge in [0.2, 0.25) is 5.88 Å². The fourth-order valence-corrected chi connectivity index (χ4v) is 2.04. The van der Waals surface area contributed by atoms with Crippen molar-refractivity contribution in [3.05, 3.63) is 50.8 Å². The molecule has 0 fully saturated rings. The maximum Gasteiger partial charge on any atom is 0.344 e. The van der Waals surface area contributed by atoms with Gasteiger partial charge >= 0.3 is 11.7 Å². The number of carbonyl (C=O) groups is 2. The van der Waals surface area contributed by atoms with Crippen LogP contribution in [0.3, 0.4) is 0 Å². The molecule has 0 saturated carbocycles. The highest BCUT2D eigenvalue weighted by Crippen LogP contribution is 2.15. The van der Waals surface area contributed by atoms with Crippen molar-refractivity contribution in [1.29, 1.82) is 0 Å². The molecule has 0 aliphatic carbocycles. The average Bonchev–Trinajstić information content (AvgIpc) is 2.63. The maximum absolute atomic E-state index is 12.1. The second-order valence-corrected chi connectivity index (χ2v) is 5.18. The fourth-order valence-electron chi connectivity index (χ4n) is 2.04. The monoisotopic (exact) mass is 362 g/mol. The third-order valence-electron chi connectivity index (χ3n) is 3.40. The van der Waals surface area contributed by atoms with Gasteiger partial charge in [-0.1, -0.05) is 0 Å². The molecule has 10 nitrogen and oxygen atoms in total. The summed E-state index contributed by atoms with van der Waals surface area (Å²) in [6.07, 6.45) is 1.46. The second-order valence-electron chi connectivity index (χ2n) is 5.18. The quantitative estimate of drug-likeness (QED) is 0.699. The standard InChI is InChI=1S/C16H18N4O6/c1-4-25-14-10(6-5-7-17-14)15(23)26-9-12(21)18-11-8-13(22)20(3)16(24)19(11)2/h5-8H,4,9H2,1-3H3,(H,18,21). The van der Waals surface area contributed by atoms with Crippen molar-refractivity contribution < 1.29 is 19.1 Å². The summed E-state index contributed by atoms with van der Waals surface area (Å²) in [5.41, 5.74) is -1.08. The number of hydrogen-bond donors (Lipinski definition) is 1. The lowest BCUT2D eigenvalue weighted by atomic mass is 10.3. The molecule has 0 atom stereocenters. The Morgan fingerprint density at radius 2 is 1.96 bits per heavy atom. The highest BCUT2D eigenvalue weighted by Gasteiger charge is 2.17. The van der Waals surface area contributed by atoms with Crippen molar-refractivity contribution in [2.75, 3.05) is 18.5 Å². The van der Waals surface area contributed by atoms with E-state index in [9.17, 15) is 19.2 Å². The first-order chi connectivity index (χ1) is 12.3. The van der Waals surface area contributed by atoms with Crippen LogP contribution in [0, 0.1) is 0 Å². The average molecular weight is 362 g/mol.